The molecule has 2 rings (SSSR count). The van der Waals surface area contributed by atoms with Crippen LogP contribution >= 0.6 is 0 Å². The topological polar surface area (TPSA) is 21.3 Å². The lowest BCUT2D eigenvalue weighted by Crippen LogP contribution is -2.15. The van der Waals surface area contributed by atoms with E-state index in [2.05, 4.69) is 17.5 Å². The van der Waals surface area contributed by atoms with Gasteiger partial charge in [0, 0.05) is 12.7 Å². The number of anilines is 1. The predicted octanol–water partition coefficient (Wildman–Crippen LogP) is 3.22. The van der Waals surface area contributed by atoms with Crippen molar-refractivity contribution in [2.45, 2.75) is 25.4 Å². The molecule has 80 valence electrons. The lowest BCUT2D eigenvalue weighted by molar-refractivity contribution is 0.230. The standard InChI is InChI=1S/C13H17NO/c1-14-11-7-9-13(10-8-11)15-12-5-3-2-4-6-12/h3,5,7-10,12,14H,2,4,6H2,1H3. The summed E-state index contributed by atoms with van der Waals surface area (Å²) in [5.74, 6) is 0.950. The molecule has 2 heteroatoms. The fourth-order valence-electron chi connectivity index (χ4n) is 1.75. The maximum atomic E-state index is 5.84. The first-order valence-electron chi connectivity index (χ1n) is 5.49. The minimum Gasteiger partial charge on any atom is -0.486 e. The van der Waals surface area contributed by atoms with Gasteiger partial charge in [-0.15, -0.1) is 0 Å². The Hall–Kier alpha value is -1.44. The highest BCUT2D eigenvalue weighted by molar-refractivity contribution is 5.45. The van der Waals surface area contributed by atoms with Crippen LogP contribution in [0.2, 0.25) is 0 Å². The van der Waals surface area contributed by atoms with Gasteiger partial charge < -0.3 is 10.1 Å². The van der Waals surface area contributed by atoms with Gasteiger partial charge in [-0.25, -0.2) is 0 Å². The number of rotatable bonds is 3. The summed E-state index contributed by atoms with van der Waals surface area (Å²) >= 11 is 0. The van der Waals surface area contributed by atoms with E-state index in [-0.39, 0.29) is 6.10 Å². The van der Waals surface area contributed by atoms with Gasteiger partial charge in [0.25, 0.3) is 0 Å². The second-order valence-electron chi connectivity index (χ2n) is 3.79. The van der Waals surface area contributed by atoms with Crippen LogP contribution in [0.4, 0.5) is 5.69 Å². The molecular formula is C13H17NO. The average molecular weight is 203 g/mol. The van der Waals surface area contributed by atoms with Gasteiger partial charge in [-0.1, -0.05) is 6.08 Å². The zero-order chi connectivity index (χ0) is 10.5. The quantitative estimate of drug-likeness (QED) is 0.762. The van der Waals surface area contributed by atoms with Gasteiger partial charge >= 0.3 is 0 Å². The minimum atomic E-state index is 0.263. The number of benzene rings is 1. The molecule has 0 saturated heterocycles. The second-order valence-corrected chi connectivity index (χ2v) is 3.79. The van der Waals surface area contributed by atoms with Gasteiger partial charge in [-0.05, 0) is 49.6 Å². The van der Waals surface area contributed by atoms with Gasteiger partial charge in [0.05, 0.1) is 0 Å². The molecule has 0 bridgehead atoms. The van der Waals surface area contributed by atoms with E-state index >= 15 is 0 Å². The molecule has 1 aliphatic carbocycles. The number of allylic oxidation sites excluding steroid dienone is 1. The Morgan fingerprint density at radius 1 is 1.27 bits per heavy atom. The van der Waals surface area contributed by atoms with Crippen molar-refractivity contribution in [1.29, 1.82) is 0 Å². The largest absolute Gasteiger partial charge is 0.486 e. The molecule has 0 radical (unpaired) electrons. The van der Waals surface area contributed by atoms with Gasteiger partial charge in [0.1, 0.15) is 11.9 Å². The Labute approximate surface area is 91.0 Å². The van der Waals surface area contributed by atoms with Crippen molar-refractivity contribution in [3.63, 3.8) is 0 Å². The van der Waals surface area contributed by atoms with Crippen LogP contribution in [0.1, 0.15) is 19.3 Å². The molecule has 1 aromatic carbocycles. The smallest absolute Gasteiger partial charge is 0.120 e. The van der Waals surface area contributed by atoms with E-state index < -0.39 is 0 Å². The number of hydrogen-bond acceptors (Lipinski definition) is 2. The van der Waals surface area contributed by atoms with E-state index in [0.29, 0.717) is 0 Å². The van der Waals surface area contributed by atoms with E-state index in [4.69, 9.17) is 4.74 Å². The van der Waals surface area contributed by atoms with Crippen molar-refractivity contribution >= 4 is 5.69 Å². The van der Waals surface area contributed by atoms with E-state index in [1.165, 1.54) is 12.8 Å². The minimum absolute atomic E-state index is 0.263. The van der Waals surface area contributed by atoms with Crippen LogP contribution < -0.4 is 10.1 Å². The molecular weight excluding hydrogens is 186 g/mol. The summed E-state index contributed by atoms with van der Waals surface area (Å²) in [5.41, 5.74) is 1.11. The number of nitrogens with one attached hydrogen (secondary N) is 1. The van der Waals surface area contributed by atoms with Crippen molar-refractivity contribution in [1.82, 2.24) is 0 Å². The molecule has 15 heavy (non-hydrogen) atoms. The molecule has 1 atom stereocenters. The maximum Gasteiger partial charge on any atom is 0.120 e. The molecule has 0 heterocycles. The third kappa shape index (κ3) is 2.75. The number of ether oxygens (including phenoxy) is 1. The van der Waals surface area contributed by atoms with Crippen LogP contribution in [0.5, 0.6) is 5.75 Å². The SMILES string of the molecule is CNc1ccc(OC2C=CCCC2)cc1. The summed E-state index contributed by atoms with van der Waals surface area (Å²) in [7, 11) is 1.92. The first-order valence-corrected chi connectivity index (χ1v) is 5.49. The van der Waals surface area contributed by atoms with E-state index in [1.54, 1.807) is 0 Å². The molecule has 0 saturated carbocycles. The lowest BCUT2D eigenvalue weighted by atomic mass is 10.1. The molecule has 0 aromatic heterocycles. The van der Waals surface area contributed by atoms with Crippen LogP contribution in [-0.2, 0) is 0 Å². The summed E-state index contributed by atoms with van der Waals surface area (Å²) in [6.07, 6.45) is 8.18. The summed E-state index contributed by atoms with van der Waals surface area (Å²) < 4.78 is 5.84. The summed E-state index contributed by atoms with van der Waals surface area (Å²) in [4.78, 5) is 0. The Morgan fingerprint density at radius 2 is 2.07 bits per heavy atom. The van der Waals surface area contributed by atoms with E-state index in [0.717, 1.165) is 17.9 Å². The molecule has 1 aliphatic rings. The van der Waals surface area contributed by atoms with Crippen molar-refractivity contribution in [2.24, 2.45) is 0 Å². The van der Waals surface area contributed by atoms with Gasteiger partial charge in [0.15, 0.2) is 0 Å². The molecule has 1 N–H and O–H groups in total. The normalized spacial score (nSPS) is 19.9. The molecule has 0 amide bonds. The van der Waals surface area contributed by atoms with Gasteiger partial charge in [-0.3, -0.25) is 0 Å². The fraction of sp³-hybridized carbons (Fsp3) is 0.385. The Balaban J connectivity index is 1.97. The highest BCUT2D eigenvalue weighted by Crippen LogP contribution is 2.20. The Morgan fingerprint density at radius 3 is 2.67 bits per heavy atom. The van der Waals surface area contributed by atoms with Crippen molar-refractivity contribution in [3.05, 3.63) is 36.4 Å². The summed E-state index contributed by atoms with van der Waals surface area (Å²) in [6.45, 7) is 0. The third-order valence-corrected chi connectivity index (χ3v) is 2.64. The Bertz CT molecular complexity index is 329. The molecule has 1 aromatic rings. The van der Waals surface area contributed by atoms with Gasteiger partial charge in [-0.2, -0.15) is 0 Å². The summed E-state index contributed by atoms with van der Waals surface area (Å²) in [6, 6.07) is 8.08. The lowest BCUT2D eigenvalue weighted by Gasteiger charge is -2.18. The van der Waals surface area contributed by atoms with E-state index in [1.807, 2.05) is 31.3 Å². The van der Waals surface area contributed by atoms with Crippen LogP contribution in [0, 0.1) is 0 Å². The first kappa shape index (κ1) is 10.1. The van der Waals surface area contributed by atoms with Crippen molar-refractivity contribution < 1.29 is 4.74 Å². The summed E-state index contributed by atoms with van der Waals surface area (Å²) in [5, 5.41) is 3.09. The van der Waals surface area contributed by atoms with Crippen molar-refractivity contribution in [3.8, 4) is 5.75 Å². The number of hydrogen-bond donors (Lipinski definition) is 1. The molecule has 1 unspecified atom stereocenters. The van der Waals surface area contributed by atoms with Crippen LogP contribution in [-0.4, -0.2) is 13.2 Å². The molecule has 0 aliphatic heterocycles. The highest BCUT2D eigenvalue weighted by atomic mass is 16.5. The fourth-order valence-corrected chi connectivity index (χ4v) is 1.75. The second kappa shape index (κ2) is 4.87. The third-order valence-electron chi connectivity index (χ3n) is 2.64. The molecule has 0 spiro atoms. The van der Waals surface area contributed by atoms with Crippen LogP contribution in [0.25, 0.3) is 0 Å². The molecule has 0 fully saturated rings. The zero-order valence-corrected chi connectivity index (χ0v) is 9.07. The molecule has 2 nitrogen and oxygen atoms in total. The first-order chi connectivity index (χ1) is 7.38. The van der Waals surface area contributed by atoms with E-state index in [9.17, 15) is 0 Å². The van der Waals surface area contributed by atoms with Gasteiger partial charge in [0.2, 0.25) is 0 Å². The van der Waals surface area contributed by atoms with Crippen molar-refractivity contribution in [2.75, 3.05) is 12.4 Å². The van der Waals surface area contributed by atoms with Crippen LogP contribution in [0.3, 0.4) is 0 Å². The zero-order valence-electron chi connectivity index (χ0n) is 9.07. The Kier molecular flexibility index (Phi) is 3.28. The highest BCUT2D eigenvalue weighted by Gasteiger charge is 2.09. The average Bonchev–Trinajstić information content (AvgIpc) is 2.31. The predicted molar refractivity (Wildman–Crippen MR) is 63.4 cm³/mol. The maximum absolute atomic E-state index is 5.84. The monoisotopic (exact) mass is 203 g/mol. The van der Waals surface area contributed by atoms with Crippen LogP contribution in [0.15, 0.2) is 36.4 Å².